The molecule has 8 atom stereocenters. The van der Waals surface area contributed by atoms with E-state index in [4.69, 9.17) is 9.47 Å². The molecule has 0 spiro atoms. The van der Waals surface area contributed by atoms with E-state index >= 15 is 0 Å². The number of likely N-dealkylation sites (N-methyl/N-ethyl adjacent to an activating group) is 2. The van der Waals surface area contributed by atoms with Crippen molar-refractivity contribution < 1.29 is 28.7 Å². The van der Waals surface area contributed by atoms with Gasteiger partial charge in [0.25, 0.3) is 0 Å². The summed E-state index contributed by atoms with van der Waals surface area (Å²) in [4.78, 5) is 59.5. The van der Waals surface area contributed by atoms with E-state index in [9.17, 15) is 19.2 Å². The third kappa shape index (κ3) is 10.9. The maximum atomic E-state index is 14.1. The Hall–Kier alpha value is -2.24. The Labute approximate surface area is 273 Å². The van der Waals surface area contributed by atoms with Crippen molar-refractivity contribution in [3.05, 3.63) is 0 Å². The Morgan fingerprint density at radius 1 is 0.911 bits per heavy atom. The third-order valence-electron chi connectivity index (χ3n) is 9.49. The lowest BCUT2D eigenvalue weighted by Crippen LogP contribution is -2.59. The van der Waals surface area contributed by atoms with Crippen LogP contribution in [-0.4, -0.2) is 123 Å². The standard InChI is InChI=1S/C34H65N5O6/c1-14-18-35-32(41)24(8)31(45-13)25-17-16-19-39(25)27(40)20-26(44-12)30(23(7)15-2)38(11)34(43)28(21(3)4)36-33(42)29(22(5)6)37(9)10/h21-26,28-31H,14-20H2,1-13H3,(H,35,41)(H,36,42)/t23-,24+,25+,26+,28+,29+,30+,31+/m0/s1. The fourth-order valence-corrected chi connectivity index (χ4v) is 6.82. The van der Waals surface area contributed by atoms with Crippen molar-refractivity contribution in [2.45, 2.75) is 124 Å². The van der Waals surface area contributed by atoms with E-state index in [0.717, 1.165) is 25.7 Å². The maximum absolute atomic E-state index is 14.1. The smallest absolute Gasteiger partial charge is 0.245 e. The minimum Gasteiger partial charge on any atom is -0.379 e. The first-order chi connectivity index (χ1) is 21.1. The topological polar surface area (TPSA) is 121 Å². The second kappa shape index (κ2) is 19.4. The Kier molecular flexibility index (Phi) is 17.6. The molecule has 0 radical (unpaired) electrons. The number of carbonyl (C=O) groups excluding carboxylic acids is 4. The Morgan fingerprint density at radius 2 is 1.53 bits per heavy atom. The summed E-state index contributed by atoms with van der Waals surface area (Å²) in [6.45, 7) is 17.0. The number of rotatable bonds is 19. The highest BCUT2D eigenvalue weighted by atomic mass is 16.5. The van der Waals surface area contributed by atoms with Crippen LogP contribution in [0.25, 0.3) is 0 Å². The largest absolute Gasteiger partial charge is 0.379 e. The summed E-state index contributed by atoms with van der Waals surface area (Å²) >= 11 is 0. The molecular weight excluding hydrogens is 574 g/mol. The van der Waals surface area contributed by atoms with Gasteiger partial charge in [-0.1, -0.05) is 61.8 Å². The minimum atomic E-state index is -0.728. The van der Waals surface area contributed by atoms with Gasteiger partial charge in [0.1, 0.15) is 6.04 Å². The summed E-state index contributed by atoms with van der Waals surface area (Å²) < 4.78 is 11.8. The van der Waals surface area contributed by atoms with Gasteiger partial charge in [-0.2, -0.15) is 0 Å². The van der Waals surface area contributed by atoms with Gasteiger partial charge in [-0.15, -0.1) is 0 Å². The predicted molar refractivity (Wildman–Crippen MR) is 179 cm³/mol. The number of likely N-dealkylation sites (tertiary alicyclic amines) is 1. The molecule has 262 valence electrons. The summed E-state index contributed by atoms with van der Waals surface area (Å²) in [6, 6.07) is -1.73. The van der Waals surface area contributed by atoms with Crippen LogP contribution >= 0.6 is 0 Å². The van der Waals surface area contributed by atoms with Crippen LogP contribution in [0.3, 0.4) is 0 Å². The van der Waals surface area contributed by atoms with E-state index in [0.29, 0.717) is 13.1 Å². The van der Waals surface area contributed by atoms with Gasteiger partial charge >= 0.3 is 0 Å². The molecule has 0 unspecified atom stereocenters. The summed E-state index contributed by atoms with van der Waals surface area (Å²) in [5.74, 6) is -1.02. The van der Waals surface area contributed by atoms with Gasteiger partial charge in [-0.05, 0) is 51.1 Å². The summed E-state index contributed by atoms with van der Waals surface area (Å²) in [7, 11) is 8.65. The van der Waals surface area contributed by atoms with Crippen molar-refractivity contribution in [2.24, 2.45) is 23.7 Å². The molecular formula is C34H65N5O6. The Balaban J connectivity index is 3.25. The molecule has 0 bridgehead atoms. The first kappa shape index (κ1) is 40.8. The third-order valence-corrected chi connectivity index (χ3v) is 9.49. The number of nitrogens with zero attached hydrogens (tertiary/aromatic N) is 3. The van der Waals surface area contributed by atoms with E-state index in [-0.39, 0.29) is 59.9 Å². The number of methoxy groups -OCH3 is 2. The van der Waals surface area contributed by atoms with E-state index < -0.39 is 30.2 Å². The van der Waals surface area contributed by atoms with Crippen molar-refractivity contribution in [1.29, 1.82) is 0 Å². The summed E-state index contributed by atoms with van der Waals surface area (Å²) in [6.07, 6.45) is 2.27. The molecule has 0 aromatic rings. The van der Waals surface area contributed by atoms with Crippen LogP contribution in [0.2, 0.25) is 0 Å². The number of ether oxygens (including phenoxy) is 2. The van der Waals surface area contributed by atoms with Crippen LogP contribution in [0.5, 0.6) is 0 Å². The Bertz CT molecular complexity index is 936. The quantitative estimate of drug-likeness (QED) is 0.223. The number of hydrogen-bond acceptors (Lipinski definition) is 7. The monoisotopic (exact) mass is 639 g/mol. The number of carbonyl (C=O) groups is 4. The average molecular weight is 640 g/mol. The van der Waals surface area contributed by atoms with E-state index in [2.05, 4.69) is 24.5 Å². The molecule has 1 heterocycles. The zero-order valence-electron chi connectivity index (χ0n) is 30.5. The van der Waals surface area contributed by atoms with Crippen LogP contribution in [0, 0.1) is 23.7 Å². The molecule has 1 rings (SSSR count). The molecule has 45 heavy (non-hydrogen) atoms. The fourth-order valence-electron chi connectivity index (χ4n) is 6.82. The molecule has 0 aromatic heterocycles. The number of hydrogen-bond donors (Lipinski definition) is 2. The lowest BCUT2D eigenvalue weighted by Gasteiger charge is -2.41. The molecule has 4 amide bonds. The first-order valence-corrected chi connectivity index (χ1v) is 16.9. The predicted octanol–water partition coefficient (Wildman–Crippen LogP) is 3.16. The highest BCUT2D eigenvalue weighted by Crippen LogP contribution is 2.29. The molecule has 1 aliphatic heterocycles. The van der Waals surface area contributed by atoms with Crippen molar-refractivity contribution in [2.75, 3.05) is 48.5 Å². The molecule has 1 saturated heterocycles. The lowest BCUT2D eigenvalue weighted by atomic mass is 9.89. The molecule has 0 aromatic carbocycles. The second-order valence-corrected chi connectivity index (χ2v) is 13.8. The zero-order valence-corrected chi connectivity index (χ0v) is 30.5. The summed E-state index contributed by atoms with van der Waals surface area (Å²) in [5, 5.41) is 5.99. The number of nitrogens with one attached hydrogen (secondary N) is 2. The van der Waals surface area contributed by atoms with Gasteiger partial charge in [0.15, 0.2) is 0 Å². The van der Waals surface area contributed by atoms with Crippen molar-refractivity contribution in [1.82, 2.24) is 25.3 Å². The summed E-state index contributed by atoms with van der Waals surface area (Å²) in [5.41, 5.74) is 0. The van der Waals surface area contributed by atoms with Gasteiger partial charge in [-0.3, -0.25) is 24.1 Å². The highest BCUT2D eigenvalue weighted by molar-refractivity contribution is 5.90. The highest BCUT2D eigenvalue weighted by Gasteiger charge is 2.43. The van der Waals surface area contributed by atoms with Crippen LogP contribution in [0.15, 0.2) is 0 Å². The molecule has 1 fully saturated rings. The maximum Gasteiger partial charge on any atom is 0.245 e. The van der Waals surface area contributed by atoms with Crippen LogP contribution in [-0.2, 0) is 28.7 Å². The van der Waals surface area contributed by atoms with E-state index in [1.54, 1.807) is 26.2 Å². The molecule has 0 saturated carbocycles. The normalized spacial score (nSPS) is 20.0. The van der Waals surface area contributed by atoms with Gasteiger partial charge in [0, 0.05) is 34.4 Å². The van der Waals surface area contributed by atoms with Crippen molar-refractivity contribution in [3.63, 3.8) is 0 Å². The van der Waals surface area contributed by atoms with Crippen LogP contribution in [0.1, 0.15) is 87.5 Å². The SMILES string of the molecule is CCCNC(=O)[C@H](C)[C@@H](OC)[C@H]1CCCN1C(=O)C[C@@H](OC)[C@@H]([C@@H](C)CC)N(C)C(=O)[C@H](NC(=O)[C@@H](C(C)C)N(C)C)C(C)C. The average Bonchev–Trinajstić information content (AvgIpc) is 3.46. The van der Waals surface area contributed by atoms with E-state index in [1.165, 1.54) is 0 Å². The van der Waals surface area contributed by atoms with Crippen molar-refractivity contribution >= 4 is 23.6 Å². The molecule has 1 aliphatic rings. The molecule has 2 N–H and O–H groups in total. The van der Waals surface area contributed by atoms with Gasteiger partial charge in [0.2, 0.25) is 23.6 Å². The molecule has 11 nitrogen and oxygen atoms in total. The van der Waals surface area contributed by atoms with Crippen LogP contribution < -0.4 is 10.6 Å². The fraction of sp³-hybridized carbons (Fsp3) is 0.882. The van der Waals surface area contributed by atoms with Crippen molar-refractivity contribution in [3.8, 4) is 0 Å². The van der Waals surface area contributed by atoms with Gasteiger partial charge < -0.3 is 29.9 Å². The molecule has 11 heteroatoms. The first-order valence-electron chi connectivity index (χ1n) is 16.9. The van der Waals surface area contributed by atoms with Gasteiger partial charge in [0.05, 0.1) is 42.7 Å². The second-order valence-electron chi connectivity index (χ2n) is 13.8. The minimum absolute atomic E-state index is 0.0220. The Morgan fingerprint density at radius 3 is 2.00 bits per heavy atom. The van der Waals surface area contributed by atoms with Gasteiger partial charge in [-0.25, -0.2) is 0 Å². The number of amides is 4. The van der Waals surface area contributed by atoms with E-state index in [1.807, 2.05) is 65.4 Å². The zero-order chi connectivity index (χ0) is 34.6. The molecule has 0 aliphatic carbocycles. The lowest BCUT2D eigenvalue weighted by molar-refractivity contribution is -0.148. The van der Waals surface area contributed by atoms with Crippen LogP contribution in [0.4, 0.5) is 0 Å².